The Bertz CT molecular complexity index is 222. The number of unbranched alkanes of at least 4 members (excludes halogenated alkanes) is 1. The van der Waals surface area contributed by atoms with E-state index in [1.54, 1.807) is 11.3 Å². The number of thiazole rings is 1. The maximum absolute atomic E-state index is 5.37. The molecule has 0 atom stereocenters. The Hall–Kier alpha value is -0.610. The average molecular weight is 185 g/mol. The molecule has 0 aromatic carbocycles. The van der Waals surface area contributed by atoms with E-state index in [9.17, 15) is 0 Å². The van der Waals surface area contributed by atoms with Gasteiger partial charge in [-0.15, -0.1) is 11.3 Å². The number of anilines is 1. The Balaban J connectivity index is 2.15. The normalized spacial score (nSPS) is 10.2. The van der Waals surface area contributed by atoms with Gasteiger partial charge in [0.15, 0.2) is 5.13 Å². The second kappa shape index (κ2) is 5.11. The maximum atomic E-state index is 5.37. The molecule has 0 unspecified atom stereocenters. The van der Waals surface area contributed by atoms with Crippen LogP contribution >= 0.6 is 11.3 Å². The standard InChI is InChI=1S/C8H15N3S/c1-7-6-12-8(11-7)10-5-3-2-4-9/h6H,2-5,9H2,1H3,(H,10,11). The van der Waals surface area contributed by atoms with Gasteiger partial charge in [-0.25, -0.2) is 4.98 Å². The summed E-state index contributed by atoms with van der Waals surface area (Å²) in [7, 11) is 0. The number of hydrogen-bond acceptors (Lipinski definition) is 4. The van der Waals surface area contributed by atoms with Crippen molar-refractivity contribution in [1.82, 2.24) is 4.98 Å². The highest BCUT2D eigenvalue weighted by Crippen LogP contribution is 2.13. The lowest BCUT2D eigenvalue weighted by Crippen LogP contribution is -2.05. The van der Waals surface area contributed by atoms with Gasteiger partial charge in [-0.05, 0) is 26.3 Å². The highest BCUT2D eigenvalue weighted by atomic mass is 32.1. The molecule has 0 fully saturated rings. The molecule has 1 aromatic heterocycles. The minimum atomic E-state index is 0.776. The SMILES string of the molecule is Cc1csc(NCCCCN)n1. The zero-order chi connectivity index (χ0) is 8.81. The summed E-state index contributed by atoms with van der Waals surface area (Å²) in [5, 5.41) is 6.32. The molecule has 0 bridgehead atoms. The molecule has 0 saturated carbocycles. The van der Waals surface area contributed by atoms with E-state index in [1.165, 1.54) is 0 Å². The number of aromatic nitrogens is 1. The Morgan fingerprint density at radius 2 is 2.42 bits per heavy atom. The average Bonchev–Trinajstić information content (AvgIpc) is 2.45. The summed E-state index contributed by atoms with van der Waals surface area (Å²) in [6, 6.07) is 0. The van der Waals surface area contributed by atoms with Gasteiger partial charge < -0.3 is 11.1 Å². The second-order valence-electron chi connectivity index (χ2n) is 2.72. The fraction of sp³-hybridized carbons (Fsp3) is 0.625. The van der Waals surface area contributed by atoms with Crippen LogP contribution in [-0.2, 0) is 0 Å². The fourth-order valence-electron chi connectivity index (χ4n) is 0.900. The smallest absolute Gasteiger partial charge is 0.182 e. The quantitative estimate of drug-likeness (QED) is 0.685. The molecule has 4 heteroatoms. The van der Waals surface area contributed by atoms with Crippen molar-refractivity contribution in [2.24, 2.45) is 5.73 Å². The van der Waals surface area contributed by atoms with E-state index in [0.29, 0.717) is 0 Å². The minimum absolute atomic E-state index is 0.776. The lowest BCUT2D eigenvalue weighted by molar-refractivity contribution is 0.773. The molecule has 12 heavy (non-hydrogen) atoms. The van der Waals surface area contributed by atoms with Gasteiger partial charge in [-0.2, -0.15) is 0 Å². The molecule has 0 saturated heterocycles. The lowest BCUT2D eigenvalue weighted by atomic mass is 10.3. The molecule has 1 heterocycles. The van der Waals surface area contributed by atoms with Gasteiger partial charge in [-0.3, -0.25) is 0 Å². The molecule has 68 valence electrons. The van der Waals surface area contributed by atoms with Gasteiger partial charge in [0.05, 0.1) is 5.69 Å². The van der Waals surface area contributed by atoms with Crippen molar-refractivity contribution < 1.29 is 0 Å². The summed E-state index contributed by atoms with van der Waals surface area (Å²) in [5.41, 5.74) is 6.46. The first-order valence-electron chi connectivity index (χ1n) is 4.19. The van der Waals surface area contributed by atoms with Crippen LogP contribution in [0.5, 0.6) is 0 Å². The molecule has 0 radical (unpaired) electrons. The summed E-state index contributed by atoms with van der Waals surface area (Å²) in [5.74, 6) is 0. The van der Waals surface area contributed by atoms with E-state index in [1.807, 2.05) is 12.3 Å². The lowest BCUT2D eigenvalue weighted by Gasteiger charge is -1.99. The van der Waals surface area contributed by atoms with E-state index in [2.05, 4.69) is 10.3 Å². The Morgan fingerprint density at radius 1 is 1.58 bits per heavy atom. The van der Waals surface area contributed by atoms with Crippen molar-refractivity contribution in [1.29, 1.82) is 0 Å². The molecular weight excluding hydrogens is 170 g/mol. The van der Waals surface area contributed by atoms with Crippen molar-refractivity contribution in [3.05, 3.63) is 11.1 Å². The molecule has 0 aliphatic rings. The zero-order valence-electron chi connectivity index (χ0n) is 7.34. The maximum Gasteiger partial charge on any atom is 0.182 e. The number of hydrogen-bond donors (Lipinski definition) is 2. The monoisotopic (exact) mass is 185 g/mol. The van der Waals surface area contributed by atoms with Crippen LogP contribution < -0.4 is 11.1 Å². The Kier molecular flexibility index (Phi) is 4.04. The van der Waals surface area contributed by atoms with E-state index in [0.717, 1.165) is 36.8 Å². The first-order chi connectivity index (χ1) is 5.83. The van der Waals surface area contributed by atoms with Crippen molar-refractivity contribution in [2.45, 2.75) is 19.8 Å². The molecule has 0 spiro atoms. The van der Waals surface area contributed by atoms with Gasteiger partial charge in [0.25, 0.3) is 0 Å². The second-order valence-corrected chi connectivity index (χ2v) is 3.57. The number of nitrogens with zero attached hydrogens (tertiary/aromatic N) is 1. The van der Waals surface area contributed by atoms with Gasteiger partial charge in [0.1, 0.15) is 0 Å². The van der Waals surface area contributed by atoms with Crippen molar-refractivity contribution >= 4 is 16.5 Å². The summed E-state index contributed by atoms with van der Waals surface area (Å²) < 4.78 is 0. The van der Waals surface area contributed by atoms with Crippen LogP contribution in [0.2, 0.25) is 0 Å². The highest BCUT2D eigenvalue weighted by molar-refractivity contribution is 7.13. The van der Waals surface area contributed by atoms with Crippen molar-refractivity contribution in [2.75, 3.05) is 18.4 Å². The third-order valence-corrected chi connectivity index (χ3v) is 2.44. The Morgan fingerprint density at radius 3 is 3.00 bits per heavy atom. The van der Waals surface area contributed by atoms with Gasteiger partial charge in [0.2, 0.25) is 0 Å². The molecule has 0 amide bonds. The third-order valence-electron chi connectivity index (χ3n) is 1.53. The van der Waals surface area contributed by atoms with Crippen molar-refractivity contribution in [3.63, 3.8) is 0 Å². The molecule has 1 aromatic rings. The molecule has 1 rings (SSSR count). The molecule has 3 nitrogen and oxygen atoms in total. The minimum Gasteiger partial charge on any atom is -0.362 e. The van der Waals surface area contributed by atoms with Crippen molar-refractivity contribution in [3.8, 4) is 0 Å². The van der Waals surface area contributed by atoms with Gasteiger partial charge in [-0.1, -0.05) is 0 Å². The topological polar surface area (TPSA) is 50.9 Å². The van der Waals surface area contributed by atoms with E-state index >= 15 is 0 Å². The van der Waals surface area contributed by atoms with E-state index < -0.39 is 0 Å². The van der Waals surface area contributed by atoms with Crippen LogP contribution in [-0.4, -0.2) is 18.1 Å². The summed E-state index contributed by atoms with van der Waals surface area (Å²) in [6.07, 6.45) is 2.20. The number of rotatable bonds is 5. The van der Waals surface area contributed by atoms with Crippen LogP contribution in [0.4, 0.5) is 5.13 Å². The largest absolute Gasteiger partial charge is 0.362 e. The first-order valence-corrected chi connectivity index (χ1v) is 5.07. The number of nitrogens with two attached hydrogens (primary N) is 1. The molecule has 0 aliphatic heterocycles. The van der Waals surface area contributed by atoms with Crippen LogP contribution in [0.3, 0.4) is 0 Å². The number of aryl methyl sites for hydroxylation is 1. The molecule has 0 aliphatic carbocycles. The highest BCUT2D eigenvalue weighted by Gasteiger charge is 1.95. The van der Waals surface area contributed by atoms with E-state index in [-0.39, 0.29) is 0 Å². The molecular formula is C8H15N3S. The van der Waals surface area contributed by atoms with Gasteiger partial charge >= 0.3 is 0 Å². The number of nitrogens with one attached hydrogen (secondary N) is 1. The van der Waals surface area contributed by atoms with E-state index in [4.69, 9.17) is 5.73 Å². The van der Waals surface area contributed by atoms with Gasteiger partial charge in [0, 0.05) is 11.9 Å². The summed E-state index contributed by atoms with van der Waals surface area (Å²) in [6.45, 7) is 3.75. The first kappa shape index (κ1) is 9.48. The molecule has 3 N–H and O–H groups in total. The fourth-order valence-corrected chi connectivity index (χ4v) is 1.62. The van der Waals surface area contributed by atoms with Crippen LogP contribution in [0.15, 0.2) is 5.38 Å². The summed E-state index contributed by atoms with van der Waals surface area (Å²) >= 11 is 1.65. The van der Waals surface area contributed by atoms with Crippen LogP contribution in [0.25, 0.3) is 0 Å². The Labute approximate surface area is 77.0 Å². The van der Waals surface area contributed by atoms with Crippen LogP contribution in [0.1, 0.15) is 18.5 Å². The summed E-state index contributed by atoms with van der Waals surface area (Å²) in [4.78, 5) is 4.28. The van der Waals surface area contributed by atoms with Crippen LogP contribution in [0, 0.1) is 6.92 Å². The zero-order valence-corrected chi connectivity index (χ0v) is 8.16. The third kappa shape index (κ3) is 3.19. The predicted octanol–water partition coefficient (Wildman–Crippen LogP) is 1.60. The predicted molar refractivity (Wildman–Crippen MR) is 53.6 cm³/mol.